The number of ketones is 1. The smallest absolute Gasteiger partial charge is 0.177 e. The molecule has 2 atom stereocenters. The van der Waals surface area contributed by atoms with Crippen LogP contribution in [0.1, 0.15) is 49.4 Å². The fraction of sp³-hybridized carbons (Fsp3) is 0.444. The Kier molecular flexibility index (Phi) is 3.01. The molecule has 0 aromatic carbocycles. The predicted octanol–water partition coefficient (Wildman–Crippen LogP) is 3.34. The normalized spacial score (nSPS) is 25.5. The number of carbonyl (C=O) groups excluding carboxylic acids is 1. The van der Waals surface area contributed by atoms with E-state index in [4.69, 9.17) is 4.99 Å². The summed E-state index contributed by atoms with van der Waals surface area (Å²) in [6.45, 7) is 6.26. The summed E-state index contributed by atoms with van der Waals surface area (Å²) in [6, 6.07) is 3.97. The summed E-state index contributed by atoms with van der Waals surface area (Å²) in [5, 5.41) is 7.39. The zero-order valence-electron chi connectivity index (χ0n) is 13.6. The van der Waals surface area contributed by atoms with Gasteiger partial charge in [-0.15, -0.1) is 0 Å². The van der Waals surface area contributed by atoms with Gasteiger partial charge in [-0.2, -0.15) is 5.10 Å². The fourth-order valence-corrected chi connectivity index (χ4v) is 4.02. The van der Waals surface area contributed by atoms with E-state index in [9.17, 15) is 4.79 Å². The number of nitrogens with zero attached hydrogens (tertiary/aromatic N) is 3. The minimum absolute atomic E-state index is 0.0330. The third kappa shape index (κ3) is 2.22. The van der Waals surface area contributed by atoms with Crippen LogP contribution in [0.15, 0.2) is 29.5 Å². The number of aromatic nitrogens is 3. The van der Waals surface area contributed by atoms with E-state index in [2.05, 4.69) is 29.0 Å². The molecular weight excluding hydrogens is 288 g/mol. The van der Waals surface area contributed by atoms with Crippen molar-refractivity contribution in [1.29, 1.82) is 0 Å². The molecule has 2 aliphatic rings. The Bertz CT molecular complexity index is 804. The van der Waals surface area contributed by atoms with E-state index < -0.39 is 0 Å². The monoisotopic (exact) mass is 308 g/mol. The van der Waals surface area contributed by atoms with Crippen LogP contribution in [-0.4, -0.2) is 26.7 Å². The lowest BCUT2D eigenvalue weighted by molar-refractivity contribution is -0.124. The molecule has 0 bridgehead atoms. The molecule has 1 N–H and O–H groups in total. The molecule has 5 nitrogen and oxygen atoms in total. The molecule has 0 saturated heterocycles. The zero-order chi connectivity index (χ0) is 16.2. The van der Waals surface area contributed by atoms with Crippen molar-refractivity contribution in [3.05, 3.63) is 41.3 Å². The topological polar surface area (TPSA) is 71.0 Å². The van der Waals surface area contributed by atoms with Gasteiger partial charge >= 0.3 is 0 Å². The SMILES string of the molecule is Cc1[nH]nc2c1C(c1cccnc1)C1C(=O)CC(C)(C)CC1=N2. The molecule has 2 aromatic heterocycles. The lowest BCUT2D eigenvalue weighted by atomic mass is 9.64. The zero-order valence-corrected chi connectivity index (χ0v) is 13.6. The Balaban J connectivity index is 1.92. The molecule has 23 heavy (non-hydrogen) atoms. The molecule has 0 radical (unpaired) electrons. The highest BCUT2D eigenvalue weighted by molar-refractivity contribution is 6.11. The Morgan fingerprint density at radius 3 is 2.83 bits per heavy atom. The first kappa shape index (κ1) is 14.3. The molecule has 2 aromatic rings. The number of rotatable bonds is 1. The molecule has 2 unspecified atom stereocenters. The Morgan fingerprint density at radius 1 is 1.26 bits per heavy atom. The van der Waals surface area contributed by atoms with Gasteiger partial charge in [0.25, 0.3) is 0 Å². The first-order valence-corrected chi connectivity index (χ1v) is 8.01. The lowest BCUT2D eigenvalue weighted by Crippen LogP contribution is -2.42. The van der Waals surface area contributed by atoms with Crippen LogP contribution >= 0.6 is 0 Å². The van der Waals surface area contributed by atoms with E-state index >= 15 is 0 Å². The van der Waals surface area contributed by atoms with Gasteiger partial charge in [-0.05, 0) is 30.4 Å². The Morgan fingerprint density at radius 2 is 2.09 bits per heavy atom. The second kappa shape index (κ2) is 4.85. The summed E-state index contributed by atoms with van der Waals surface area (Å²) in [7, 11) is 0. The summed E-state index contributed by atoms with van der Waals surface area (Å²) < 4.78 is 0. The Labute approximate surface area is 135 Å². The van der Waals surface area contributed by atoms with Gasteiger partial charge in [0, 0.05) is 41.7 Å². The van der Waals surface area contributed by atoms with Crippen LogP contribution in [0.25, 0.3) is 0 Å². The number of aryl methyl sites for hydroxylation is 1. The fourth-order valence-electron chi connectivity index (χ4n) is 4.02. The van der Waals surface area contributed by atoms with Crippen molar-refractivity contribution in [2.45, 2.75) is 39.5 Å². The maximum Gasteiger partial charge on any atom is 0.177 e. The second-order valence-corrected chi connectivity index (χ2v) is 7.41. The van der Waals surface area contributed by atoms with Crippen LogP contribution < -0.4 is 0 Å². The van der Waals surface area contributed by atoms with Crippen LogP contribution in [0.3, 0.4) is 0 Å². The number of pyridine rings is 1. The average Bonchev–Trinajstić information content (AvgIpc) is 2.86. The number of nitrogens with one attached hydrogen (secondary N) is 1. The summed E-state index contributed by atoms with van der Waals surface area (Å²) in [6.07, 6.45) is 5.05. The van der Waals surface area contributed by atoms with Gasteiger partial charge in [-0.3, -0.25) is 14.9 Å². The van der Waals surface area contributed by atoms with Crippen molar-refractivity contribution in [2.24, 2.45) is 16.3 Å². The van der Waals surface area contributed by atoms with Crippen LogP contribution in [0.4, 0.5) is 5.82 Å². The molecule has 0 amide bonds. The number of aromatic amines is 1. The van der Waals surface area contributed by atoms with E-state index in [1.54, 1.807) is 6.20 Å². The largest absolute Gasteiger partial charge is 0.299 e. The van der Waals surface area contributed by atoms with E-state index in [0.717, 1.165) is 34.8 Å². The molecule has 1 fully saturated rings. The molecule has 1 aliphatic carbocycles. The van der Waals surface area contributed by atoms with Crippen molar-refractivity contribution >= 4 is 17.3 Å². The van der Waals surface area contributed by atoms with Crippen LogP contribution in [-0.2, 0) is 4.79 Å². The van der Waals surface area contributed by atoms with Crippen molar-refractivity contribution in [1.82, 2.24) is 15.2 Å². The number of hydrogen-bond donors (Lipinski definition) is 1. The van der Waals surface area contributed by atoms with E-state index in [1.165, 1.54) is 0 Å². The maximum absolute atomic E-state index is 12.9. The molecule has 118 valence electrons. The van der Waals surface area contributed by atoms with E-state index in [-0.39, 0.29) is 23.0 Å². The van der Waals surface area contributed by atoms with Crippen LogP contribution in [0.5, 0.6) is 0 Å². The third-order valence-electron chi connectivity index (χ3n) is 4.93. The highest BCUT2D eigenvalue weighted by Crippen LogP contribution is 2.48. The molecule has 5 heteroatoms. The molecular formula is C18H20N4O. The van der Waals surface area contributed by atoms with Gasteiger partial charge in [-0.25, -0.2) is 4.99 Å². The number of fused-ring (bicyclic) bond motifs is 2. The second-order valence-electron chi connectivity index (χ2n) is 7.41. The molecule has 4 rings (SSSR count). The summed E-state index contributed by atoms with van der Waals surface area (Å²) in [4.78, 5) is 21.9. The van der Waals surface area contributed by atoms with Gasteiger partial charge < -0.3 is 0 Å². The molecule has 1 aliphatic heterocycles. The number of hydrogen-bond acceptors (Lipinski definition) is 4. The van der Waals surface area contributed by atoms with Gasteiger partial charge in [0.05, 0.1) is 5.92 Å². The molecule has 0 spiro atoms. The van der Waals surface area contributed by atoms with Crippen molar-refractivity contribution < 1.29 is 4.79 Å². The highest BCUT2D eigenvalue weighted by Gasteiger charge is 2.46. The lowest BCUT2D eigenvalue weighted by Gasteiger charge is -2.40. The standard InChI is InChI=1S/C18H20N4O/c1-10-14-15(11-5-4-6-19-9-11)16-12(20-17(14)22-21-10)7-18(2,3)8-13(16)23/h4-6,9,15-16H,7-8H2,1-3H3,(H,21,22). The van der Waals surface area contributed by atoms with Crippen molar-refractivity contribution in [3.8, 4) is 0 Å². The summed E-state index contributed by atoms with van der Waals surface area (Å²) in [5.41, 5.74) is 4.02. The number of carbonyl (C=O) groups is 1. The van der Waals surface area contributed by atoms with Crippen LogP contribution in [0, 0.1) is 18.3 Å². The first-order chi connectivity index (χ1) is 11.0. The molecule has 3 heterocycles. The van der Waals surface area contributed by atoms with Crippen LogP contribution in [0.2, 0.25) is 0 Å². The molecule has 1 saturated carbocycles. The maximum atomic E-state index is 12.9. The quantitative estimate of drug-likeness (QED) is 0.878. The minimum atomic E-state index is -0.184. The number of Topliss-reactive ketones (excluding diaryl/α,β-unsaturated/α-hetero) is 1. The van der Waals surface area contributed by atoms with Gasteiger partial charge in [0.2, 0.25) is 0 Å². The predicted molar refractivity (Wildman–Crippen MR) is 88.0 cm³/mol. The van der Waals surface area contributed by atoms with E-state index in [0.29, 0.717) is 6.42 Å². The number of aliphatic imine (C=N–C) groups is 1. The van der Waals surface area contributed by atoms with E-state index in [1.807, 2.05) is 25.3 Å². The third-order valence-corrected chi connectivity index (χ3v) is 4.93. The first-order valence-electron chi connectivity index (χ1n) is 8.01. The van der Waals surface area contributed by atoms with Gasteiger partial charge in [-0.1, -0.05) is 19.9 Å². The Hall–Kier alpha value is -2.30. The number of H-pyrrole nitrogens is 1. The minimum Gasteiger partial charge on any atom is -0.299 e. The summed E-state index contributed by atoms with van der Waals surface area (Å²) >= 11 is 0. The average molecular weight is 308 g/mol. The summed E-state index contributed by atoms with van der Waals surface area (Å²) in [5.74, 6) is 0.790. The van der Waals surface area contributed by atoms with Crippen molar-refractivity contribution in [3.63, 3.8) is 0 Å². The highest BCUT2D eigenvalue weighted by atomic mass is 16.1. The van der Waals surface area contributed by atoms with Crippen molar-refractivity contribution in [2.75, 3.05) is 0 Å². The van der Waals surface area contributed by atoms with Gasteiger partial charge in [0.15, 0.2) is 5.82 Å². The van der Waals surface area contributed by atoms with Gasteiger partial charge in [0.1, 0.15) is 5.78 Å².